The lowest BCUT2D eigenvalue weighted by atomic mass is 9.80. The monoisotopic (exact) mass is 538 g/mol. The Morgan fingerprint density at radius 2 is 1.84 bits per heavy atom. The summed E-state index contributed by atoms with van der Waals surface area (Å²) < 4.78 is 0.902. The quantitative estimate of drug-likeness (QED) is 0.325. The number of fused-ring (bicyclic) bond motifs is 1. The number of urea groups is 1. The first kappa shape index (κ1) is 25.0. The van der Waals surface area contributed by atoms with Crippen LogP contribution in [0, 0.1) is 12.3 Å². The lowest BCUT2D eigenvalue weighted by Gasteiger charge is -2.36. The zero-order valence-corrected chi connectivity index (χ0v) is 22.2. The SMILES string of the molecule is CCNC(=O)Nc1nc2cc(-c3cnc(N4CCC(C)(C(=O)O)CC4)nc3)cc(-c3nnc(C)s3)c2s1. The maximum Gasteiger partial charge on any atom is 0.321 e. The molecule has 0 bridgehead atoms. The smallest absolute Gasteiger partial charge is 0.321 e. The largest absolute Gasteiger partial charge is 0.481 e. The van der Waals surface area contributed by atoms with Gasteiger partial charge in [0.2, 0.25) is 5.95 Å². The van der Waals surface area contributed by atoms with Crippen molar-refractivity contribution >= 4 is 56.0 Å². The molecule has 3 N–H and O–H groups in total. The van der Waals surface area contributed by atoms with Gasteiger partial charge in [0, 0.05) is 43.2 Å². The van der Waals surface area contributed by atoms with Gasteiger partial charge in [-0.2, -0.15) is 0 Å². The van der Waals surface area contributed by atoms with Crippen molar-refractivity contribution in [2.45, 2.75) is 33.6 Å². The van der Waals surface area contributed by atoms with Crippen molar-refractivity contribution < 1.29 is 14.7 Å². The summed E-state index contributed by atoms with van der Waals surface area (Å²) in [6.07, 6.45) is 4.63. The summed E-state index contributed by atoms with van der Waals surface area (Å²) >= 11 is 2.88. The maximum absolute atomic E-state index is 12.0. The molecule has 0 radical (unpaired) electrons. The second-order valence-electron chi connectivity index (χ2n) is 9.13. The highest BCUT2D eigenvalue weighted by Crippen LogP contribution is 2.40. The Labute approximate surface area is 221 Å². The van der Waals surface area contributed by atoms with Crippen molar-refractivity contribution in [3.05, 3.63) is 29.5 Å². The van der Waals surface area contributed by atoms with Crippen LogP contribution in [0.15, 0.2) is 24.5 Å². The number of aromatic nitrogens is 5. The Balaban J connectivity index is 1.46. The molecule has 192 valence electrons. The van der Waals surface area contributed by atoms with Crippen LogP contribution in [0.2, 0.25) is 0 Å². The van der Waals surface area contributed by atoms with Gasteiger partial charge in [0.1, 0.15) is 10.0 Å². The summed E-state index contributed by atoms with van der Waals surface area (Å²) in [5.74, 6) is -0.175. The second-order valence-corrected chi connectivity index (χ2v) is 11.3. The van der Waals surface area contributed by atoms with Crippen LogP contribution in [0.3, 0.4) is 0 Å². The molecule has 1 fully saturated rings. The molecule has 2 amide bonds. The number of amides is 2. The van der Waals surface area contributed by atoms with Crippen LogP contribution in [0.4, 0.5) is 15.9 Å². The number of aryl methyl sites for hydroxylation is 1. The molecule has 13 heteroatoms. The summed E-state index contributed by atoms with van der Waals surface area (Å²) in [5.41, 5.74) is 2.59. The summed E-state index contributed by atoms with van der Waals surface area (Å²) in [6.45, 7) is 7.25. The zero-order valence-electron chi connectivity index (χ0n) is 20.6. The molecule has 4 heterocycles. The first-order valence-corrected chi connectivity index (χ1v) is 13.5. The van der Waals surface area contributed by atoms with Crippen molar-refractivity contribution in [1.82, 2.24) is 30.5 Å². The number of carbonyl (C=O) groups is 2. The van der Waals surface area contributed by atoms with Crippen LogP contribution < -0.4 is 15.5 Å². The second kappa shape index (κ2) is 9.98. The number of carbonyl (C=O) groups excluding carboxylic acids is 1. The molecule has 37 heavy (non-hydrogen) atoms. The van der Waals surface area contributed by atoms with Crippen LogP contribution in [-0.4, -0.2) is 61.9 Å². The molecule has 0 aliphatic carbocycles. The van der Waals surface area contributed by atoms with Crippen molar-refractivity contribution in [2.75, 3.05) is 29.9 Å². The van der Waals surface area contributed by atoms with Gasteiger partial charge in [0.05, 0.1) is 15.6 Å². The maximum atomic E-state index is 12.0. The van der Waals surface area contributed by atoms with Gasteiger partial charge < -0.3 is 15.3 Å². The van der Waals surface area contributed by atoms with Crippen LogP contribution >= 0.6 is 22.7 Å². The lowest BCUT2D eigenvalue weighted by Crippen LogP contribution is -2.43. The molecule has 1 aliphatic heterocycles. The van der Waals surface area contributed by atoms with Gasteiger partial charge in [0.15, 0.2) is 5.13 Å². The summed E-state index contributed by atoms with van der Waals surface area (Å²) in [4.78, 5) is 39.4. The van der Waals surface area contributed by atoms with E-state index < -0.39 is 11.4 Å². The number of anilines is 2. The number of thiazole rings is 1. The van der Waals surface area contributed by atoms with E-state index in [0.717, 1.165) is 36.9 Å². The van der Waals surface area contributed by atoms with E-state index in [9.17, 15) is 14.7 Å². The first-order valence-electron chi connectivity index (χ1n) is 11.9. The Kier molecular flexibility index (Phi) is 6.73. The molecule has 0 spiro atoms. The van der Waals surface area contributed by atoms with E-state index in [4.69, 9.17) is 0 Å². The molecule has 4 aromatic rings. The van der Waals surface area contributed by atoms with Gasteiger partial charge >= 0.3 is 12.0 Å². The van der Waals surface area contributed by atoms with Crippen LogP contribution in [0.5, 0.6) is 0 Å². The van der Waals surface area contributed by atoms with E-state index in [1.54, 1.807) is 19.3 Å². The van der Waals surface area contributed by atoms with Gasteiger partial charge in [-0.3, -0.25) is 10.1 Å². The van der Waals surface area contributed by atoms with Gasteiger partial charge in [0.25, 0.3) is 0 Å². The Hall–Kier alpha value is -3.71. The normalized spacial score (nSPS) is 15.1. The predicted octanol–water partition coefficient (Wildman–Crippen LogP) is 4.41. The van der Waals surface area contributed by atoms with Gasteiger partial charge in [-0.05, 0) is 51.3 Å². The molecular formula is C24H26N8O3S2. The highest BCUT2D eigenvalue weighted by atomic mass is 32.1. The van der Waals surface area contributed by atoms with E-state index >= 15 is 0 Å². The molecule has 5 rings (SSSR count). The predicted molar refractivity (Wildman–Crippen MR) is 144 cm³/mol. The number of rotatable bonds is 6. The summed E-state index contributed by atoms with van der Waals surface area (Å²) in [7, 11) is 0. The Morgan fingerprint density at radius 3 is 2.46 bits per heavy atom. The van der Waals surface area contributed by atoms with Crippen molar-refractivity contribution in [2.24, 2.45) is 5.41 Å². The lowest BCUT2D eigenvalue weighted by molar-refractivity contribution is -0.149. The minimum Gasteiger partial charge on any atom is -0.481 e. The van der Waals surface area contributed by atoms with E-state index in [-0.39, 0.29) is 6.03 Å². The van der Waals surface area contributed by atoms with Crippen LogP contribution in [0.25, 0.3) is 31.9 Å². The number of hydrogen-bond donors (Lipinski definition) is 3. The molecule has 1 aromatic carbocycles. The third kappa shape index (κ3) is 5.09. The molecule has 11 nitrogen and oxygen atoms in total. The number of nitrogens with one attached hydrogen (secondary N) is 2. The van der Waals surface area contributed by atoms with Crippen molar-refractivity contribution in [3.8, 4) is 21.7 Å². The number of benzene rings is 1. The van der Waals surface area contributed by atoms with Gasteiger partial charge in [-0.15, -0.1) is 10.2 Å². The van der Waals surface area contributed by atoms with Crippen molar-refractivity contribution in [1.29, 1.82) is 0 Å². The number of nitrogens with zero attached hydrogens (tertiary/aromatic N) is 6. The highest BCUT2D eigenvalue weighted by Gasteiger charge is 2.37. The average molecular weight is 539 g/mol. The number of aliphatic carboxylic acids is 1. The van der Waals surface area contributed by atoms with E-state index in [1.807, 2.05) is 30.9 Å². The fourth-order valence-corrected chi connectivity index (χ4v) is 5.90. The van der Waals surface area contributed by atoms with Gasteiger partial charge in [-0.1, -0.05) is 22.7 Å². The van der Waals surface area contributed by atoms with Gasteiger partial charge in [-0.25, -0.2) is 19.7 Å². The number of piperidine rings is 1. The molecule has 3 aromatic heterocycles. The molecule has 0 saturated carbocycles. The standard InChI is InChI=1S/C24H26N8O3S2/c1-4-25-22(35)29-23-28-17-10-14(9-16(18(17)37-23)19-31-30-13(2)36-19)15-11-26-21(27-12-15)32-7-5-24(3,6-8-32)20(33)34/h9-12H,4-8H2,1-3H3,(H,33,34)(H2,25,28,29,35). The Bertz CT molecular complexity index is 1460. The molecule has 0 unspecified atom stereocenters. The summed E-state index contributed by atoms with van der Waals surface area (Å²) in [6, 6.07) is 3.66. The minimum absolute atomic E-state index is 0.305. The third-order valence-electron chi connectivity index (χ3n) is 6.44. The van der Waals surface area contributed by atoms with E-state index in [2.05, 4.69) is 35.8 Å². The molecule has 1 saturated heterocycles. The Morgan fingerprint density at radius 1 is 1.11 bits per heavy atom. The fraction of sp³-hybridized carbons (Fsp3) is 0.375. The van der Waals surface area contributed by atoms with E-state index in [0.29, 0.717) is 43.6 Å². The number of carboxylic acids is 1. The van der Waals surface area contributed by atoms with E-state index in [1.165, 1.54) is 22.7 Å². The molecule has 0 atom stereocenters. The topological polar surface area (TPSA) is 146 Å². The first-order chi connectivity index (χ1) is 17.8. The summed E-state index contributed by atoms with van der Waals surface area (Å²) in [5, 5.41) is 25.6. The fourth-order valence-electron chi connectivity index (χ4n) is 4.17. The van der Waals surface area contributed by atoms with Crippen LogP contribution in [-0.2, 0) is 4.79 Å². The zero-order chi connectivity index (χ0) is 26.2. The minimum atomic E-state index is -0.758. The van der Waals surface area contributed by atoms with Crippen LogP contribution in [0.1, 0.15) is 31.7 Å². The molecule has 1 aliphatic rings. The highest BCUT2D eigenvalue weighted by molar-refractivity contribution is 7.23. The third-order valence-corrected chi connectivity index (χ3v) is 8.33. The average Bonchev–Trinajstić information content (AvgIpc) is 3.49. The number of carboxylic acid groups (broad SMARTS) is 1. The van der Waals surface area contributed by atoms with Crippen molar-refractivity contribution in [3.63, 3.8) is 0 Å². The number of hydrogen-bond acceptors (Lipinski definition) is 10. The molecular weight excluding hydrogens is 512 g/mol.